The summed E-state index contributed by atoms with van der Waals surface area (Å²) in [5.41, 5.74) is 0. The molecule has 17 nitrogen and oxygen atoms in total. The van der Waals surface area contributed by atoms with Crippen LogP contribution in [-0.4, -0.2) is 155 Å². The van der Waals surface area contributed by atoms with Gasteiger partial charge < -0.3 is 74.7 Å². The summed E-state index contributed by atoms with van der Waals surface area (Å²) in [5.74, 6) is -3.52. The number of rotatable bonds is 6. The fourth-order valence-electron chi connectivity index (χ4n) is 3.95. The molecule has 10 N–H and O–H groups in total. The summed E-state index contributed by atoms with van der Waals surface area (Å²) < 4.78 is 25.4. The Morgan fingerprint density at radius 3 is 1.60 bits per heavy atom. The van der Waals surface area contributed by atoms with Crippen molar-refractivity contribution in [3.05, 3.63) is 0 Å². The summed E-state index contributed by atoms with van der Waals surface area (Å²) >= 11 is 0. The van der Waals surface area contributed by atoms with Gasteiger partial charge in [0.05, 0.1) is 6.10 Å². The van der Waals surface area contributed by atoms with Gasteiger partial charge in [-0.1, -0.05) is 0 Å². The highest BCUT2D eigenvalue weighted by molar-refractivity contribution is 5.74. The van der Waals surface area contributed by atoms with Crippen LogP contribution in [0.4, 0.5) is 0 Å². The molecule has 1 unspecified atom stereocenters. The van der Waals surface area contributed by atoms with Gasteiger partial charge in [0.1, 0.15) is 54.9 Å². The standard InChI is InChI=1S/C18H28O17/c1-2-3(19)5(21)13(16(30)31-2)35-18-9(25)10(8(24)12(34-18)15(28)29)32-17-7(23)4(20)6(22)11(33-17)14(26)27/h2-13,16-25,30H,1H3,(H,26,27)(H,28,29)/t2-,3-,4-,5+,6-,7+,8+,9+,10-,11-,12-,13+,16?,17-,18+/m0/s1. The Bertz CT molecular complexity index is 765. The predicted molar refractivity (Wildman–Crippen MR) is 101 cm³/mol. The average Bonchev–Trinajstić information content (AvgIpc) is 2.78. The molecule has 0 aromatic heterocycles. The Morgan fingerprint density at radius 1 is 0.571 bits per heavy atom. The molecule has 0 bridgehead atoms. The fourth-order valence-corrected chi connectivity index (χ4v) is 3.95. The first kappa shape index (κ1) is 28.0. The summed E-state index contributed by atoms with van der Waals surface area (Å²) in [6.45, 7) is 1.34. The van der Waals surface area contributed by atoms with Gasteiger partial charge in [-0.15, -0.1) is 0 Å². The maximum Gasteiger partial charge on any atom is 0.335 e. The van der Waals surface area contributed by atoms with Crippen molar-refractivity contribution in [1.29, 1.82) is 0 Å². The minimum Gasteiger partial charge on any atom is -0.479 e. The van der Waals surface area contributed by atoms with Crippen LogP contribution in [0.1, 0.15) is 6.92 Å². The van der Waals surface area contributed by atoms with Crippen LogP contribution in [0.5, 0.6) is 0 Å². The third-order valence-electron chi connectivity index (χ3n) is 5.98. The van der Waals surface area contributed by atoms with Gasteiger partial charge in [0.25, 0.3) is 0 Å². The molecule has 0 aromatic carbocycles. The lowest BCUT2D eigenvalue weighted by Gasteiger charge is -2.46. The van der Waals surface area contributed by atoms with E-state index in [1.807, 2.05) is 0 Å². The first-order chi connectivity index (χ1) is 16.3. The van der Waals surface area contributed by atoms with Crippen LogP contribution in [0.2, 0.25) is 0 Å². The van der Waals surface area contributed by atoms with Crippen molar-refractivity contribution in [2.75, 3.05) is 0 Å². The zero-order valence-corrected chi connectivity index (χ0v) is 18.0. The monoisotopic (exact) mass is 516 g/mol. The van der Waals surface area contributed by atoms with Gasteiger partial charge in [-0.3, -0.25) is 0 Å². The van der Waals surface area contributed by atoms with Crippen molar-refractivity contribution in [2.24, 2.45) is 0 Å². The number of aliphatic hydroxyl groups is 8. The maximum absolute atomic E-state index is 11.6. The summed E-state index contributed by atoms with van der Waals surface area (Å²) in [4.78, 5) is 22.9. The van der Waals surface area contributed by atoms with E-state index in [4.69, 9.17) is 28.8 Å². The zero-order chi connectivity index (χ0) is 26.4. The van der Waals surface area contributed by atoms with Crippen molar-refractivity contribution < 1.29 is 84.3 Å². The van der Waals surface area contributed by atoms with E-state index in [0.29, 0.717) is 0 Å². The summed E-state index contributed by atoms with van der Waals surface area (Å²) in [6.07, 6.45) is -29.0. The van der Waals surface area contributed by atoms with E-state index in [1.165, 1.54) is 6.92 Å². The topological polar surface area (TPSA) is 283 Å². The van der Waals surface area contributed by atoms with Gasteiger partial charge in [-0.05, 0) is 6.92 Å². The second kappa shape index (κ2) is 10.8. The first-order valence-corrected chi connectivity index (χ1v) is 10.4. The van der Waals surface area contributed by atoms with Crippen LogP contribution in [0.15, 0.2) is 0 Å². The van der Waals surface area contributed by atoms with Crippen molar-refractivity contribution in [3.8, 4) is 0 Å². The van der Waals surface area contributed by atoms with Crippen molar-refractivity contribution in [3.63, 3.8) is 0 Å². The molecule has 202 valence electrons. The Hall–Kier alpha value is -1.58. The van der Waals surface area contributed by atoms with E-state index in [-0.39, 0.29) is 0 Å². The number of carbonyl (C=O) groups is 2. The summed E-state index contributed by atoms with van der Waals surface area (Å²) in [6, 6.07) is 0. The minimum atomic E-state index is -2.17. The van der Waals surface area contributed by atoms with Gasteiger partial charge >= 0.3 is 11.9 Å². The molecule has 3 fully saturated rings. The Labute approximate surface area is 196 Å². The molecule has 0 radical (unpaired) electrons. The zero-order valence-electron chi connectivity index (χ0n) is 18.0. The molecule has 0 aromatic rings. The van der Waals surface area contributed by atoms with Gasteiger partial charge in [-0.2, -0.15) is 0 Å². The third kappa shape index (κ3) is 5.42. The van der Waals surface area contributed by atoms with E-state index in [1.54, 1.807) is 0 Å². The maximum atomic E-state index is 11.6. The number of carboxylic acid groups (broad SMARTS) is 2. The summed E-state index contributed by atoms with van der Waals surface area (Å²) in [5, 5.41) is 99.7. The number of hydrogen-bond donors (Lipinski definition) is 10. The van der Waals surface area contributed by atoms with Crippen molar-refractivity contribution >= 4 is 11.9 Å². The highest BCUT2D eigenvalue weighted by Gasteiger charge is 2.55. The van der Waals surface area contributed by atoms with E-state index in [2.05, 4.69) is 0 Å². The van der Waals surface area contributed by atoms with Gasteiger partial charge in [-0.25, -0.2) is 9.59 Å². The van der Waals surface area contributed by atoms with Gasteiger partial charge in [0.2, 0.25) is 0 Å². The predicted octanol–water partition coefficient (Wildman–Crippen LogP) is -6.36. The Kier molecular flexibility index (Phi) is 8.65. The second-order valence-electron chi connectivity index (χ2n) is 8.39. The number of aliphatic carboxylic acids is 2. The van der Waals surface area contributed by atoms with Crippen LogP contribution in [0, 0.1) is 0 Å². The lowest BCUT2D eigenvalue weighted by atomic mass is 9.96. The molecule has 3 aliphatic heterocycles. The van der Waals surface area contributed by atoms with E-state index >= 15 is 0 Å². The van der Waals surface area contributed by atoms with Crippen LogP contribution in [0.25, 0.3) is 0 Å². The molecule has 0 amide bonds. The Morgan fingerprint density at radius 2 is 1.06 bits per heavy atom. The molecule has 15 atom stereocenters. The van der Waals surface area contributed by atoms with E-state index < -0.39 is 104 Å². The van der Waals surface area contributed by atoms with E-state index in [0.717, 1.165) is 0 Å². The largest absolute Gasteiger partial charge is 0.479 e. The molecular weight excluding hydrogens is 488 g/mol. The number of aliphatic hydroxyl groups excluding tert-OH is 8. The smallest absolute Gasteiger partial charge is 0.335 e. The van der Waals surface area contributed by atoms with Crippen LogP contribution in [0.3, 0.4) is 0 Å². The third-order valence-corrected chi connectivity index (χ3v) is 5.98. The second-order valence-corrected chi connectivity index (χ2v) is 8.39. The molecule has 0 aliphatic carbocycles. The molecule has 3 aliphatic rings. The van der Waals surface area contributed by atoms with Crippen molar-refractivity contribution in [1.82, 2.24) is 0 Å². The summed E-state index contributed by atoms with van der Waals surface area (Å²) in [7, 11) is 0. The van der Waals surface area contributed by atoms with Crippen LogP contribution < -0.4 is 0 Å². The van der Waals surface area contributed by atoms with Crippen molar-refractivity contribution in [2.45, 2.75) is 99.0 Å². The normalized spacial score (nSPS) is 51.1. The molecule has 17 heteroatoms. The average molecular weight is 516 g/mol. The highest BCUT2D eigenvalue weighted by atomic mass is 16.8. The quantitative estimate of drug-likeness (QED) is 0.157. The molecule has 35 heavy (non-hydrogen) atoms. The molecule has 0 saturated carbocycles. The number of ether oxygens (including phenoxy) is 5. The highest BCUT2D eigenvalue weighted by Crippen LogP contribution is 2.32. The number of hydrogen-bond acceptors (Lipinski definition) is 15. The fraction of sp³-hybridized carbons (Fsp3) is 0.889. The van der Waals surface area contributed by atoms with Gasteiger partial charge in [0.15, 0.2) is 31.1 Å². The lowest BCUT2D eigenvalue weighted by molar-refractivity contribution is -0.375. The molecule has 3 rings (SSSR count). The Balaban J connectivity index is 1.82. The molecule has 3 saturated heterocycles. The van der Waals surface area contributed by atoms with E-state index in [9.17, 15) is 55.5 Å². The first-order valence-electron chi connectivity index (χ1n) is 10.4. The minimum absolute atomic E-state index is 1.02. The van der Waals surface area contributed by atoms with Crippen LogP contribution >= 0.6 is 0 Å². The molecular formula is C18H28O17. The van der Waals surface area contributed by atoms with Crippen LogP contribution in [-0.2, 0) is 33.3 Å². The molecule has 3 heterocycles. The van der Waals surface area contributed by atoms with Gasteiger partial charge in [0, 0.05) is 0 Å². The number of carboxylic acids is 2. The lowest BCUT2D eigenvalue weighted by Crippen LogP contribution is -2.67. The molecule has 0 spiro atoms. The SMILES string of the molecule is C[C@@H]1OC(O)[C@H](O[C@H]2O[C@H](C(=O)O)[C@H](O)[C@H](O[C@H]3O[C@H](C(=O)O)[C@@H](O)[C@H](O)[C@H]3O)[C@H]2O)[C@H](O)[C@H]1O.